The molecule has 0 aromatic carbocycles. The van der Waals surface area contributed by atoms with Crippen LogP contribution in [-0.2, 0) is 0 Å². The minimum absolute atomic E-state index is 0.821. The number of hydrogen-bond acceptors (Lipinski definition) is 3. The Morgan fingerprint density at radius 2 is 1.92 bits per heavy atom. The van der Waals surface area contributed by atoms with Crippen molar-refractivity contribution in [1.29, 1.82) is 0 Å². The zero-order chi connectivity index (χ0) is 9.23. The summed E-state index contributed by atoms with van der Waals surface area (Å²) in [6.07, 6.45) is 3.75. The molecule has 12 heavy (non-hydrogen) atoms. The van der Waals surface area contributed by atoms with E-state index in [1.165, 1.54) is 25.9 Å². The van der Waals surface area contributed by atoms with Crippen LogP contribution in [-0.4, -0.2) is 45.2 Å². The van der Waals surface area contributed by atoms with Crippen molar-refractivity contribution >= 4 is 0 Å². The molecule has 0 aromatic heterocycles. The van der Waals surface area contributed by atoms with Crippen molar-refractivity contribution < 1.29 is 0 Å². The molecule has 1 aliphatic heterocycles. The molecule has 0 aromatic rings. The molecule has 0 unspecified atom stereocenters. The lowest BCUT2D eigenvalue weighted by Crippen LogP contribution is -2.32. The van der Waals surface area contributed by atoms with E-state index in [4.69, 9.17) is 5.73 Å². The quantitative estimate of drug-likeness (QED) is 0.600. The minimum Gasteiger partial charge on any atom is -0.330 e. The lowest BCUT2D eigenvalue weighted by molar-refractivity contribution is 0.229. The predicted molar refractivity (Wildman–Crippen MR) is 54.3 cm³/mol. The molecular weight excluding hydrogens is 150 g/mol. The van der Waals surface area contributed by atoms with Gasteiger partial charge >= 0.3 is 0 Å². The van der Waals surface area contributed by atoms with E-state index in [1.807, 2.05) is 7.05 Å². The van der Waals surface area contributed by atoms with Crippen molar-refractivity contribution in [3.05, 3.63) is 0 Å². The van der Waals surface area contributed by atoms with Gasteiger partial charge in [0.15, 0.2) is 0 Å². The van der Waals surface area contributed by atoms with Crippen LogP contribution in [0.2, 0.25) is 0 Å². The third kappa shape index (κ3) is 7.98. The van der Waals surface area contributed by atoms with Gasteiger partial charge in [-0.15, -0.1) is 0 Å². The molecule has 0 atom stereocenters. The lowest BCUT2D eigenvalue weighted by atomic mass is 10.3. The molecule has 3 nitrogen and oxygen atoms in total. The van der Waals surface area contributed by atoms with E-state index in [2.05, 4.69) is 17.3 Å². The number of hydrogen-bond donors (Lipinski definition) is 2. The molecular formula is C9H23N3. The SMILES string of the molecule is CN1CCC1.CNCCCCN. The number of unbranched alkanes of at least 4 members (excludes halogenated alkanes) is 1. The van der Waals surface area contributed by atoms with Crippen molar-refractivity contribution in [2.45, 2.75) is 19.3 Å². The van der Waals surface area contributed by atoms with E-state index in [0.29, 0.717) is 0 Å². The van der Waals surface area contributed by atoms with Gasteiger partial charge < -0.3 is 16.0 Å². The molecule has 0 aliphatic carbocycles. The van der Waals surface area contributed by atoms with Crippen LogP contribution in [0.5, 0.6) is 0 Å². The Kier molecular flexibility index (Phi) is 8.88. The van der Waals surface area contributed by atoms with E-state index >= 15 is 0 Å². The second-order valence-electron chi connectivity index (χ2n) is 3.26. The maximum atomic E-state index is 5.24. The average Bonchev–Trinajstić information content (AvgIpc) is 2.03. The molecule has 3 heteroatoms. The Bertz CT molecular complexity index is 77.8. The molecule has 74 valence electrons. The van der Waals surface area contributed by atoms with Crippen LogP contribution in [0, 0.1) is 0 Å². The Labute approximate surface area is 76.3 Å². The second-order valence-corrected chi connectivity index (χ2v) is 3.26. The lowest BCUT2D eigenvalue weighted by Gasteiger charge is -2.24. The average molecular weight is 173 g/mol. The number of rotatable bonds is 4. The highest BCUT2D eigenvalue weighted by atomic mass is 15.1. The van der Waals surface area contributed by atoms with Crippen LogP contribution in [0.3, 0.4) is 0 Å². The van der Waals surface area contributed by atoms with E-state index in [-0.39, 0.29) is 0 Å². The summed E-state index contributed by atoms with van der Waals surface area (Å²) < 4.78 is 0. The molecule has 0 spiro atoms. The number of nitrogens with one attached hydrogen (secondary N) is 1. The van der Waals surface area contributed by atoms with Crippen LogP contribution in [0.15, 0.2) is 0 Å². The summed E-state index contributed by atoms with van der Waals surface area (Å²) >= 11 is 0. The van der Waals surface area contributed by atoms with Gasteiger partial charge in [-0.25, -0.2) is 0 Å². The fourth-order valence-electron chi connectivity index (χ4n) is 0.920. The first kappa shape index (κ1) is 11.9. The predicted octanol–water partition coefficient (Wildman–Crippen LogP) is 0.267. The fraction of sp³-hybridized carbons (Fsp3) is 1.00. The highest BCUT2D eigenvalue weighted by molar-refractivity contribution is 4.61. The third-order valence-corrected chi connectivity index (χ3v) is 1.96. The van der Waals surface area contributed by atoms with Crippen molar-refractivity contribution in [2.75, 3.05) is 40.3 Å². The fourth-order valence-corrected chi connectivity index (χ4v) is 0.920. The van der Waals surface area contributed by atoms with E-state index in [0.717, 1.165) is 19.5 Å². The molecule has 1 aliphatic rings. The normalized spacial score (nSPS) is 16.2. The topological polar surface area (TPSA) is 41.3 Å². The first-order valence-corrected chi connectivity index (χ1v) is 4.84. The van der Waals surface area contributed by atoms with Gasteiger partial charge in [0, 0.05) is 0 Å². The summed E-state index contributed by atoms with van der Waals surface area (Å²) in [7, 11) is 4.10. The van der Waals surface area contributed by atoms with E-state index in [9.17, 15) is 0 Å². The first-order valence-electron chi connectivity index (χ1n) is 4.84. The zero-order valence-corrected chi connectivity index (χ0v) is 8.47. The van der Waals surface area contributed by atoms with Gasteiger partial charge in [0.1, 0.15) is 0 Å². The van der Waals surface area contributed by atoms with Crippen LogP contribution < -0.4 is 11.1 Å². The Hall–Kier alpha value is -0.120. The molecule has 3 N–H and O–H groups in total. The largest absolute Gasteiger partial charge is 0.330 e. The zero-order valence-electron chi connectivity index (χ0n) is 8.47. The molecule has 1 rings (SSSR count). The van der Waals surface area contributed by atoms with Gasteiger partial charge in [-0.1, -0.05) is 0 Å². The van der Waals surface area contributed by atoms with Crippen molar-refractivity contribution in [2.24, 2.45) is 5.73 Å². The highest BCUT2D eigenvalue weighted by Gasteiger charge is 2.04. The number of likely N-dealkylation sites (tertiary alicyclic amines) is 1. The van der Waals surface area contributed by atoms with Crippen molar-refractivity contribution in [3.8, 4) is 0 Å². The van der Waals surface area contributed by atoms with Crippen LogP contribution >= 0.6 is 0 Å². The van der Waals surface area contributed by atoms with Gasteiger partial charge in [0.2, 0.25) is 0 Å². The van der Waals surface area contributed by atoms with Crippen molar-refractivity contribution in [1.82, 2.24) is 10.2 Å². The maximum absolute atomic E-state index is 5.24. The van der Waals surface area contributed by atoms with Crippen LogP contribution in [0.1, 0.15) is 19.3 Å². The molecule has 0 amide bonds. The van der Waals surface area contributed by atoms with Gasteiger partial charge in [0.25, 0.3) is 0 Å². The van der Waals surface area contributed by atoms with Gasteiger partial charge in [-0.05, 0) is 59.5 Å². The molecule has 0 radical (unpaired) electrons. The summed E-state index contributed by atoms with van der Waals surface area (Å²) in [5, 5.41) is 3.05. The smallest absolute Gasteiger partial charge is 0.000959 e. The third-order valence-electron chi connectivity index (χ3n) is 1.96. The molecule has 1 saturated heterocycles. The van der Waals surface area contributed by atoms with Gasteiger partial charge in [0.05, 0.1) is 0 Å². The van der Waals surface area contributed by atoms with Crippen LogP contribution in [0.25, 0.3) is 0 Å². The van der Waals surface area contributed by atoms with E-state index < -0.39 is 0 Å². The Morgan fingerprint density at radius 3 is 2.17 bits per heavy atom. The molecule has 0 saturated carbocycles. The summed E-state index contributed by atoms with van der Waals surface area (Å²) in [5.41, 5.74) is 5.24. The maximum Gasteiger partial charge on any atom is -0.000959 e. The standard InChI is InChI=1S/C5H14N2.C4H9N/c1-7-5-3-2-4-6;1-5-3-2-4-5/h7H,2-6H2,1H3;2-4H2,1H3. The van der Waals surface area contributed by atoms with Crippen LogP contribution in [0.4, 0.5) is 0 Å². The summed E-state index contributed by atoms with van der Waals surface area (Å²) in [6.45, 7) is 4.55. The summed E-state index contributed by atoms with van der Waals surface area (Å²) in [5.74, 6) is 0. The summed E-state index contributed by atoms with van der Waals surface area (Å²) in [6, 6.07) is 0. The van der Waals surface area contributed by atoms with E-state index in [1.54, 1.807) is 0 Å². The summed E-state index contributed by atoms with van der Waals surface area (Å²) in [4.78, 5) is 2.31. The van der Waals surface area contributed by atoms with Crippen molar-refractivity contribution in [3.63, 3.8) is 0 Å². The molecule has 0 bridgehead atoms. The highest BCUT2D eigenvalue weighted by Crippen LogP contribution is 1.98. The van der Waals surface area contributed by atoms with Gasteiger partial charge in [-0.3, -0.25) is 0 Å². The number of nitrogens with two attached hydrogens (primary N) is 1. The number of nitrogens with zero attached hydrogens (tertiary/aromatic N) is 1. The second kappa shape index (κ2) is 8.97. The Morgan fingerprint density at radius 1 is 1.33 bits per heavy atom. The first-order chi connectivity index (χ1) is 5.81. The molecule has 1 fully saturated rings. The molecule has 1 heterocycles. The minimum atomic E-state index is 0.821. The van der Waals surface area contributed by atoms with Gasteiger partial charge in [-0.2, -0.15) is 0 Å². The Balaban J connectivity index is 0.000000211. The monoisotopic (exact) mass is 173 g/mol.